The second-order valence-corrected chi connectivity index (χ2v) is 8.19. The third kappa shape index (κ3) is 4.95. The van der Waals surface area contributed by atoms with Gasteiger partial charge in [-0.15, -0.1) is 0 Å². The number of allylic oxidation sites excluding steroid dienone is 1. The standard InChI is InChI=1S/C23H32O5/c1-2-3-4-7-17(24)9-10-18-19-11-15-6-5-8-22(28-14-23(26)27)20(15)12-16(19)13-21(18)25/h5-6,8,13,17-19,21,24-25H,2-4,7,9-12,14H2,1H3,(H,26,27)/t17-,18+,19-,21+/m0/s1. The van der Waals surface area contributed by atoms with Crippen molar-refractivity contribution in [3.8, 4) is 5.75 Å². The molecule has 0 amide bonds. The Morgan fingerprint density at radius 3 is 2.86 bits per heavy atom. The molecule has 0 unspecified atom stereocenters. The molecule has 3 rings (SSSR count). The second kappa shape index (κ2) is 9.57. The van der Waals surface area contributed by atoms with Crippen LogP contribution in [0.2, 0.25) is 0 Å². The molecule has 0 aliphatic heterocycles. The second-order valence-electron chi connectivity index (χ2n) is 8.19. The van der Waals surface area contributed by atoms with Gasteiger partial charge in [0, 0.05) is 5.56 Å². The van der Waals surface area contributed by atoms with Gasteiger partial charge in [-0.05, 0) is 55.6 Å². The van der Waals surface area contributed by atoms with E-state index in [0.717, 1.165) is 50.5 Å². The Morgan fingerprint density at radius 1 is 1.29 bits per heavy atom. The monoisotopic (exact) mass is 388 g/mol. The third-order valence-electron chi connectivity index (χ3n) is 6.19. The van der Waals surface area contributed by atoms with Gasteiger partial charge in [-0.3, -0.25) is 0 Å². The Morgan fingerprint density at radius 2 is 2.11 bits per heavy atom. The topological polar surface area (TPSA) is 87.0 Å². The molecule has 154 valence electrons. The SMILES string of the molecule is CCCCC[C@H](O)CC[C@H]1[C@H](O)C=C2Cc3c(cccc3OCC(=O)O)C[C@@H]21. The minimum absolute atomic E-state index is 0.146. The zero-order chi connectivity index (χ0) is 20.1. The summed E-state index contributed by atoms with van der Waals surface area (Å²) in [5, 5.41) is 29.7. The molecule has 0 bridgehead atoms. The van der Waals surface area contributed by atoms with E-state index in [1.54, 1.807) is 0 Å². The summed E-state index contributed by atoms with van der Waals surface area (Å²) >= 11 is 0. The van der Waals surface area contributed by atoms with Crippen LogP contribution >= 0.6 is 0 Å². The number of carbonyl (C=O) groups is 1. The van der Waals surface area contributed by atoms with Gasteiger partial charge in [0.1, 0.15) is 5.75 Å². The van der Waals surface area contributed by atoms with Gasteiger partial charge in [-0.1, -0.05) is 50.0 Å². The molecule has 5 heteroatoms. The van der Waals surface area contributed by atoms with Crippen LogP contribution in [0, 0.1) is 11.8 Å². The van der Waals surface area contributed by atoms with Crippen LogP contribution in [-0.2, 0) is 17.6 Å². The average Bonchev–Trinajstić information content (AvgIpc) is 2.97. The Bertz CT molecular complexity index is 711. The van der Waals surface area contributed by atoms with Gasteiger partial charge < -0.3 is 20.1 Å². The van der Waals surface area contributed by atoms with Gasteiger partial charge in [-0.2, -0.15) is 0 Å². The largest absolute Gasteiger partial charge is 0.482 e. The van der Waals surface area contributed by atoms with Crippen LogP contribution in [0.4, 0.5) is 0 Å². The third-order valence-corrected chi connectivity index (χ3v) is 6.19. The predicted molar refractivity (Wildman–Crippen MR) is 107 cm³/mol. The van der Waals surface area contributed by atoms with Crippen LogP contribution in [0.3, 0.4) is 0 Å². The number of fused-ring (bicyclic) bond motifs is 2. The average molecular weight is 389 g/mol. The molecule has 0 radical (unpaired) electrons. The number of hydrogen-bond donors (Lipinski definition) is 3. The first-order valence-corrected chi connectivity index (χ1v) is 10.5. The summed E-state index contributed by atoms with van der Waals surface area (Å²) < 4.78 is 5.47. The molecule has 0 saturated heterocycles. The van der Waals surface area contributed by atoms with Crippen molar-refractivity contribution >= 4 is 5.97 Å². The number of unbranched alkanes of at least 4 members (excludes halogenated alkanes) is 2. The molecule has 5 nitrogen and oxygen atoms in total. The van der Waals surface area contributed by atoms with Crippen LogP contribution in [0.15, 0.2) is 29.8 Å². The molecule has 2 aliphatic carbocycles. The summed E-state index contributed by atoms with van der Waals surface area (Å²) in [7, 11) is 0. The van der Waals surface area contributed by atoms with Crippen molar-refractivity contribution in [2.75, 3.05) is 6.61 Å². The summed E-state index contributed by atoms with van der Waals surface area (Å²) in [6, 6.07) is 5.79. The van der Waals surface area contributed by atoms with Crippen molar-refractivity contribution < 1.29 is 24.9 Å². The fourth-order valence-electron chi connectivity index (χ4n) is 4.70. The number of aliphatic hydroxyl groups excluding tert-OH is 2. The van der Waals surface area contributed by atoms with Gasteiger partial charge in [0.25, 0.3) is 0 Å². The van der Waals surface area contributed by atoms with E-state index in [2.05, 4.69) is 13.0 Å². The number of hydrogen-bond acceptors (Lipinski definition) is 4. The maximum absolute atomic E-state index is 10.8. The molecular formula is C23H32O5. The summed E-state index contributed by atoms with van der Waals surface area (Å²) in [6.07, 6.45) is 8.51. The maximum atomic E-state index is 10.8. The molecule has 0 heterocycles. The van der Waals surface area contributed by atoms with Crippen LogP contribution in [0.5, 0.6) is 5.75 Å². The van der Waals surface area contributed by atoms with Crippen LogP contribution in [0.1, 0.15) is 56.6 Å². The van der Waals surface area contributed by atoms with Crippen molar-refractivity contribution in [2.24, 2.45) is 11.8 Å². The predicted octanol–water partition coefficient (Wildman–Crippen LogP) is 3.50. The molecule has 0 saturated carbocycles. The fourth-order valence-corrected chi connectivity index (χ4v) is 4.70. The zero-order valence-electron chi connectivity index (χ0n) is 16.6. The van der Waals surface area contributed by atoms with Crippen LogP contribution < -0.4 is 4.74 Å². The first-order valence-electron chi connectivity index (χ1n) is 10.5. The Balaban J connectivity index is 1.64. The van der Waals surface area contributed by atoms with Crippen molar-refractivity contribution in [3.05, 3.63) is 41.0 Å². The number of aliphatic carboxylic acids is 1. The maximum Gasteiger partial charge on any atom is 0.341 e. The van der Waals surface area contributed by atoms with E-state index in [0.29, 0.717) is 18.1 Å². The highest BCUT2D eigenvalue weighted by atomic mass is 16.5. The number of rotatable bonds is 10. The molecule has 1 aromatic carbocycles. The van der Waals surface area contributed by atoms with E-state index < -0.39 is 12.1 Å². The Hall–Kier alpha value is -1.85. The lowest BCUT2D eigenvalue weighted by Crippen LogP contribution is -2.27. The lowest BCUT2D eigenvalue weighted by molar-refractivity contribution is -0.139. The van der Waals surface area contributed by atoms with E-state index >= 15 is 0 Å². The molecule has 3 N–H and O–H groups in total. The fraction of sp³-hybridized carbons (Fsp3) is 0.609. The molecular weight excluding hydrogens is 356 g/mol. The van der Waals surface area contributed by atoms with E-state index in [1.165, 1.54) is 11.1 Å². The molecule has 0 spiro atoms. The van der Waals surface area contributed by atoms with Crippen molar-refractivity contribution in [2.45, 2.75) is 70.5 Å². The Kier molecular flexibility index (Phi) is 7.13. The van der Waals surface area contributed by atoms with Crippen molar-refractivity contribution in [1.29, 1.82) is 0 Å². The number of carboxylic acids is 1. The smallest absolute Gasteiger partial charge is 0.341 e. The first kappa shape index (κ1) is 20.9. The lowest BCUT2D eigenvalue weighted by atomic mass is 9.75. The highest BCUT2D eigenvalue weighted by Crippen LogP contribution is 2.45. The first-order chi connectivity index (χ1) is 13.5. The van der Waals surface area contributed by atoms with Crippen LogP contribution in [0.25, 0.3) is 0 Å². The number of ether oxygens (including phenoxy) is 1. The molecule has 28 heavy (non-hydrogen) atoms. The normalized spacial score (nSPS) is 24.2. The Labute approximate surface area is 167 Å². The quantitative estimate of drug-likeness (QED) is 0.422. The molecule has 2 aliphatic rings. The van der Waals surface area contributed by atoms with Crippen LogP contribution in [-0.4, -0.2) is 40.1 Å². The zero-order valence-corrected chi connectivity index (χ0v) is 16.6. The van der Waals surface area contributed by atoms with E-state index in [9.17, 15) is 15.0 Å². The van der Waals surface area contributed by atoms with Gasteiger partial charge in [0.05, 0.1) is 12.2 Å². The number of aliphatic hydroxyl groups is 2. The minimum atomic E-state index is -0.987. The van der Waals surface area contributed by atoms with Gasteiger partial charge in [-0.25, -0.2) is 4.79 Å². The number of benzene rings is 1. The van der Waals surface area contributed by atoms with E-state index in [1.807, 2.05) is 18.2 Å². The van der Waals surface area contributed by atoms with Gasteiger partial charge in [0.2, 0.25) is 0 Å². The van der Waals surface area contributed by atoms with E-state index in [-0.39, 0.29) is 18.6 Å². The van der Waals surface area contributed by atoms with Crippen molar-refractivity contribution in [3.63, 3.8) is 0 Å². The van der Waals surface area contributed by atoms with Gasteiger partial charge >= 0.3 is 5.97 Å². The molecule has 4 atom stereocenters. The summed E-state index contributed by atoms with van der Waals surface area (Å²) in [4.78, 5) is 10.8. The molecule has 0 aromatic heterocycles. The van der Waals surface area contributed by atoms with Crippen molar-refractivity contribution in [1.82, 2.24) is 0 Å². The highest BCUT2D eigenvalue weighted by Gasteiger charge is 2.39. The summed E-state index contributed by atoms with van der Waals surface area (Å²) in [6.45, 7) is 1.81. The van der Waals surface area contributed by atoms with E-state index in [4.69, 9.17) is 9.84 Å². The lowest BCUT2D eigenvalue weighted by Gasteiger charge is -2.31. The number of carboxylic acid groups (broad SMARTS) is 1. The summed E-state index contributed by atoms with van der Waals surface area (Å²) in [5.74, 6) is 0.0792. The minimum Gasteiger partial charge on any atom is -0.482 e. The molecule has 0 fully saturated rings. The summed E-state index contributed by atoms with van der Waals surface area (Å²) in [5.41, 5.74) is 3.43. The molecule has 1 aromatic rings. The van der Waals surface area contributed by atoms with Gasteiger partial charge in [0.15, 0.2) is 6.61 Å². The highest BCUT2D eigenvalue weighted by molar-refractivity contribution is 5.68.